The third-order valence-corrected chi connectivity index (χ3v) is 5.10. The van der Waals surface area contributed by atoms with Crippen LogP contribution in [-0.4, -0.2) is 45.1 Å². The molecule has 1 unspecified atom stereocenters. The molecular formula is C23H24F3N5O3. The van der Waals surface area contributed by atoms with Gasteiger partial charge >= 0.3 is 12.3 Å². The SMILES string of the molecule is CC(C)(C)OC(=O)N1CCCC1C(=O)NCc1cc(-c2cnc(C(F)(F)F)nc2)ccc1C#N. The van der Waals surface area contributed by atoms with Gasteiger partial charge in [0.2, 0.25) is 11.7 Å². The fourth-order valence-corrected chi connectivity index (χ4v) is 3.53. The van der Waals surface area contributed by atoms with Crippen molar-refractivity contribution >= 4 is 12.0 Å². The number of hydrogen-bond acceptors (Lipinski definition) is 6. The predicted molar refractivity (Wildman–Crippen MR) is 115 cm³/mol. The highest BCUT2D eigenvalue weighted by Gasteiger charge is 2.36. The van der Waals surface area contributed by atoms with Crippen molar-refractivity contribution in [2.75, 3.05) is 6.54 Å². The zero-order valence-electron chi connectivity index (χ0n) is 18.9. The minimum Gasteiger partial charge on any atom is -0.444 e. The fourth-order valence-electron chi connectivity index (χ4n) is 3.53. The second-order valence-electron chi connectivity index (χ2n) is 8.83. The summed E-state index contributed by atoms with van der Waals surface area (Å²) in [7, 11) is 0. The van der Waals surface area contributed by atoms with E-state index in [9.17, 15) is 28.0 Å². The van der Waals surface area contributed by atoms with E-state index in [4.69, 9.17) is 4.74 Å². The molecule has 1 aromatic heterocycles. The Morgan fingerprint density at radius 2 is 1.88 bits per heavy atom. The summed E-state index contributed by atoms with van der Waals surface area (Å²) in [5.74, 6) is -1.63. The van der Waals surface area contributed by atoms with E-state index in [2.05, 4.69) is 15.3 Å². The summed E-state index contributed by atoms with van der Waals surface area (Å²) in [4.78, 5) is 33.4. The van der Waals surface area contributed by atoms with Crippen molar-refractivity contribution in [1.82, 2.24) is 20.2 Å². The first-order chi connectivity index (χ1) is 15.9. The van der Waals surface area contributed by atoms with Gasteiger partial charge in [-0.15, -0.1) is 0 Å². The molecule has 0 aliphatic carbocycles. The molecule has 0 bridgehead atoms. The topological polar surface area (TPSA) is 108 Å². The monoisotopic (exact) mass is 475 g/mol. The molecule has 1 aromatic carbocycles. The predicted octanol–water partition coefficient (Wildman–Crippen LogP) is 4.05. The van der Waals surface area contributed by atoms with E-state index >= 15 is 0 Å². The number of rotatable bonds is 4. The molecular weight excluding hydrogens is 451 g/mol. The minimum absolute atomic E-state index is 0.00425. The van der Waals surface area contributed by atoms with Crippen LogP contribution in [0.1, 0.15) is 50.6 Å². The number of aromatic nitrogens is 2. The molecule has 0 spiro atoms. The van der Waals surface area contributed by atoms with Gasteiger partial charge in [0, 0.05) is 31.0 Å². The zero-order chi connectivity index (χ0) is 25.1. The van der Waals surface area contributed by atoms with Gasteiger partial charge in [0.15, 0.2) is 0 Å². The van der Waals surface area contributed by atoms with Gasteiger partial charge in [-0.3, -0.25) is 9.69 Å². The molecule has 34 heavy (non-hydrogen) atoms. The van der Waals surface area contributed by atoms with Crippen LogP contribution in [0.4, 0.5) is 18.0 Å². The lowest BCUT2D eigenvalue weighted by molar-refractivity contribution is -0.145. The fraction of sp³-hybridized carbons (Fsp3) is 0.435. The highest BCUT2D eigenvalue weighted by molar-refractivity contribution is 5.86. The highest BCUT2D eigenvalue weighted by atomic mass is 19.4. The molecule has 1 atom stereocenters. The van der Waals surface area contributed by atoms with Crippen LogP contribution in [0, 0.1) is 11.3 Å². The number of nitrogens with one attached hydrogen (secondary N) is 1. The van der Waals surface area contributed by atoms with Crippen LogP contribution in [0.5, 0.6) is 0 Å². The minimum atomic E-state index is -4.65. The van der Waals surface area contributed by atoms with Gasteiger partial charge < -0.3 is 10.1 Å². The van der Waals surface area contributed by atoms with Crippen LogP contribution in [-0.2, 0) is 22.3 Å². The average molecular weight is 475 g/mol. The Morgan fingerprint density at radius 3 is 2.47 bits per heavy atom. The maximum Gasteiger partial charge on any atom is 0.451 e. The summed E-state index contributed by atoms with van der Waals surface area (Å²) in [6.07, 6.45) is -1.96. The second kappa shape index (κ2) is 9.67. The Labute approximate surface area is 194 Å². The Bertz CT molecular complexity index is 1100. The largest absolute Gasteiger partial charge is 0.451 e. The normalized spacial score (nSPS) is 16.1. The lowest BCUT2D eigenvalue weighted by Crippen LogP contribution is -2.47. The summed E-state index contributed by atoms with van der Waals surface area (Å²) in [6.45, 7) is 5.63. The first-order valence-corrected chi connectivity index (χ1v) is 10.6. The number of nitrogens with zero attached hydrogens (tertiary/aromatic N) is 4. The maximum atomic E-state index is 12.8. The van der Waals surface area contributed by atoms with Gasteiger partial charge in [0.05, 0.1) is 11.6 Å². The van der Waals surface area contributed by atoms with E-state index in [1.54, 1.807) is 32.9 Å². The molecule has 2 amide bonds. The molecule has 2 heterocycles. The number of benzene rings is 1. The molecule has 3 rings (SSSR count). The number of carbonyl (C=O) groups excluding carboxylic acids is 2. The molecule has 1 aliphatic heterocycles. The lowest BCUT2D eigenvalue weighted by atomic mass is 10.0. The van der Waals surface area contributed by atoms with Crippen molar-refractivity contribution in [2.24, 2.45) is 0 Å². The Morgan fingerprint density at radius 1 is 1.21 bits per heavy atom. The van der Waals surface area contributed by atoms with Crippen molar-refractivity contribution in [3.8, 4) is 17.2 Å². The van der Waals surface area contributed by atoms with Crippen molar-refractivity contribution in [3.05, 3.63) is 47.5 Å². The van der Waals surface area contributed by atoms with Crippen LogP contribution in [0.25, 0.3) is 11.1 Å². The van der Waals surface area contributed by atoms with E-state index in [0.29, 0.717) is 41.6 Å². The summed E-state index contributed by atoms with van der Waals surface area (Å²) in [5, 5.41) is 12.2. The molecule has 2 aromatic rings. The second-order valence-corrected chi connectivity index (χ2v) is 8.83. The first kappa shape index (κ1) is 25.0. The third-order valence-electron chi connectivity index (χ3n) is 5.10. The number of hydrogen-bond donors (Lipinski definition) is 1. The van der Waals surface area contributed by atoms with Crippen molar-refractivity contribution in [2.45, 2.75) is 58.0 Å². The van der Waals surface area contributed by atoms with E-state index in [0.717, 1.165) is 12.4 Å². The third kappa shape index (κ3) is 6.01. The molecule has 11 heteroatoms. The number of nitriles is 1. The number of halogens is 3. The summed E-state index contributed by atoms with van der Waals surface area (Å²) >= 11 is 0. The summed E-state index contributed by atoms with van der Waals surface area (Å²) in [5.41, 5.74) is 0.901. The van der Waals surface area contributed by atoms with Gasteiger partial charge in [-0.2, -0.15) is 18.4 Å². The van der Waals surface area contributed by atoms with E-state index in [1.807, 2.05) is 6.07 Å². The van der Waals surface area contributed by atoms with Crippen LogP contribution >= 0.6 is 0 Å². The van der Waals surface area contributed by atoms with Crippen molar-refractivity contribution < 1.29 is 27.5 Å². The van der Waals surface area contributed by atoms with Crippen molar-refractivity contribution in [3.63, 3.8) is 0 Å². The van der Waals surface area contributed by atoms with Gasteiger partial charge in [-0.1, -0.05) is 6.07 Å². The molecule has 0 radical (unpaired) electrons. The van der Waals surface area contributed by atoms with Crippen LogP contribution < -0.4 is 5.32 Å². The van der Waals surface area contributed by atoms with Crippen molar-refractivity contribution in [1.29, 1.82) is 5.26 Å². The van der Waals surface area contributed by atoms with E-state index < -0.39 is 29.7 Å². The summed E-state index contributed by atoms with van der Waals surface area (Å²) < 4.78 is 43.5. The van der Waals surface area contributed by atoms with E-state index in [1.165, 1.54) is 11.0 Å². The number of carbonyl (C=O) groups is 2. The Kier molecular flexibility index (Phi) is 7.09. The van der Waals surface area contributed by atoms with Crippen LogP contribution in [0.3, 0.4) is 0 Å². The standard InChI is InChI=1S/C23H24F3N5O3/c1-22(2,3)34-21(33)31-8-4-5-18(31)19(32)28-11-16-9-14(6-7-15(16)10-27)17-12-29-20(30-13-17)23(24,25)26/h6-7,9,12-13,18H,4-5,8,11H2,1-3H3,(H,28,32). The number of ether oxygens (including phenoxy) is 1. The highest BCUT2D eigenvalue weighted by Crippen LogP contribution is 2.28. The van der Waals surface area contributed by atoms with Gasteiger partial charge in [-0.05, 0) is 56.9 Å². The number of amides is 2. The molecule has 0 saturated carbocycles. The van der Waals surface area contributed by atoms with Crippen LogP contribution in [0.15, 0.2) is 30.6 Å². The molecule has 180 valence electrons. The lowest BCUT2D eigenvalue weighted by Gasteiger charge is -2.28. The molecule has 8 nitrogen and oxygen atoms in total. The molecule has 1 N–H and O–H groups in total. The quantitative estimate of drug-likeness (QED) is 0.715. The van der Waals surface area contributed by atoms with Crippen LogP contribution in [0.2, 0.25) is 0 Å². The smallest absolute Gasteiger partial charge is 0.444 e. The van der Waals surface area contributed by atoms with Gasteiger partial charge in [0.25, 0.3) is 0 Å². The van der Waals surface area contributed by atoms with Gasteiger partial charge in [0.1, 0.15) is 11.6 Å². The Balaban J connectivity index is 1.73. The number of likely N-dealkylation sites (tertiary alicyclic amines) is 1. The first-order valence-electron chi connectivity index (χ1n) is 10.6. The Hall–Kier alpha value is -3.68. The maximum absolute atomic E-state index is 12.8. The zero-order valence-corrected chi connectivity index (χ0v) is 18.9. The summed E-state index contributed by atoms with van der Waals surface area (Å²) in [6, 6.07) is 6.01. The average Bonchev–Trinajstić information content (AvgIpc) is 3.26. The number of alkyl halides is 3. The molecule has 1 fully saturated rings. The van der Waals surface area contributed by atoms with E-state index in [-0.39, 0.29) is 12.5 Å². The van der Waals surface area contributed by atoms with Gasteiger partial charge in [-0.25, -0.2) is 14.8 Å². The molecule has 1 aliphatic rings. The molecule has 1 saturated heterocycles.